The summed E-state index contributed by atoms with van der Waals surface area (Å²) in [5.41, 5.74) is 0.00290. The number of hydrogen-bond acceptors (Lipinski definition) is 2. The first-order chi connectivity index (χ1) is 6.91. The second kappa shape index (κ2) is 5.31. The van der Waals surface area contributed by atoms with Crippen LogP contribution < -0.4 is 0 Å². The fourth-order valence-electron chi connectivity index (χ4n) is 2.22. The van der Waals surface area contributed by atoms with Crippen molar-refractivity contribution in [2.45, 2.75) is 65.0 Å². The van der Waals surface area contributed by atoms with Crippen molar-refractivity contribution >= 4 is 0 Å². The first-order valence-electron chi connectivity index (χ1n) is 6.29. The molecule has 90 valence electrons. The summed E-state index contributed by atoms with van der Waals surface area (Å²) in [6.07, 6.45) is 6.53. The number of aliphatic hydroxyl groups excluding tert-OH is 1. The zero-order valence-electron chi connectivity index (χ0n) is 10.8. The van der Waals surface area contributed by atoms with Crippen LogP contribution in [0.3, 0.4) is 0 Å². The molecule has 2 heteroatoms. The lowest BCUT2D eigenvalue weighted by molar-refractivity contribution is 0.0196. The van der Waals surface area contributed by atoms with Crippen LogP contribution in [0.2, 0.25) is 0 Å². The van der Waals surface area contributed by atoms with Crippen LogP contribution >= 0.6 is 0 Å². The Hall–Kier alpha value is -0.0800. The highest BCUT2D eigenvalue weighted by Gasteiger charge is 2.26. The second-order valence-corrected chi connectivity index (χ2v) is 6.11. The van der Waals surface area contributed by atoms with E-state index in [0.29, 0.717) is 6.04 Å². The summed E-state index contributed by atoms with van der Waals surface area (Å²) in [5.74, 6) is 0. The molecule has 0 aromatic carbocycles. The minimum Gasteiger partial charge on any atom is -0.391 e. The number of rotatable bonds is 3. The summed E-state index contributed by atoms with van der Waals surface area (Å²) >= 11 is 0. The number of likely N-dealkylation sites (N-methyl/N-ethyl adjacent to an activating group) is 1. The van der Waals surface area contributed by atoms with Crippen molar-refractivity contribution in [3.05, 3.63) is 0 Å². The molecule has 0 heterocycles. The van der Waals surface area contributed by atoms with Crippen LogP contribution in [0.25, 0.3) is 0 Å². The van der Waals surface area contributed by atoms with Gasteiger partial charge in [-0.25, -0.2) is 0 Å². The van der Waals surface area contributed by atoms with Crippen molar-refractivity contribution in [3.8, 4) is 0 Å². The van der Waals surface area contributed by atoms with Crippen molar-refractivity contribution in [1.82, 2.24) is 4.90 Å². The highest BCUT2D eigenvalue weighted by Crippen LogP contribution is 2.24. The molecular formula is C13H27NO. The maximum absolute atomic E-state index is 10.0. The average molecular weight is 213 g/mol. The van der Waals surface area contributed by atoms with Crippen LogP contribution in [0.15, 0.2) is 0 Å². The van der Waals surface area contributed by atoms with Crippen molar-refractivity contribution in [3.63, 3.8) is 0 Å². The zero-order chi connectivity index (χ0) is 11.5. The highest BCUT2D eigenvalue weighted by molar-refractivity contribution is 4.80. The minimum atomic E-state index is -0.218. The molecule has 1 aliphatic rings. The Balaban J connectivity index is 2.36. The zero-order valence-corrected chi connectivity index (χ0v) is 10.8. The molecule has 1 atom stereocenters. The average Bonchev–Trinajstić information content (AvgIpc) is 2.17. The Kier molecular flexibility index (Phi) is 4.60. The SMILES string of the molecule is CN(CC(O)C(C)(C)C)C1CCCCC1. The first-order valence-corrected chi connectivity index (χ1v) is 6.29. The number of nitrogens with zero attached hydrogens (tertiary/aromatic N) is 1. The van der Waals surface area contributed by atoms with E-state index in [2.05, 4.69) is 32.7 Å². The molecule has 1 fully saturated rings. The van der Waals surface area contributed by atoms with Gasteiger partial charge in [-0.1, -0.05) is 40.0 Å². The van der Waals surface area contributed by atoms with Gasteiger partial charge in [0.1, 0.15) is 0 Å². The molecule has 0 bridgehead atoms. The quantitative estimate of drug-likeness (QED) is 0.779. The lowest BCUT2D eigenvalue weighted by atomic mass is 9.88. The predicted molar refractivity (Wildman–Crippen MR) is 65.0 cm³/mol. The van der Waals surface area contributed by atoms with E-state index < -0.39 is 0 Å². The molecule has 0 amide bonds. The van der Waals surface area contributed by atoms with E-state index >= 15 is 0 Å². The molecule has 0 aliphatic heterocycles. The standard InChI is InChI=1S/C13H27NO/c1-13(2,3)12(15)10-14(4)11-8-6-5-7-9-11/h11-12,15H,5-10H2,1-4H3. The van der Waals surface area contributed by atoms with Gasteiger partial charge < -0.3 is 10.0 Å². The normalized spacial score (nSPS) is 22.0. The van der Waals surface area contributed by atoms with Crippen molar-refractivity contribution < 1.29 is 5.11 Å². The summed E-state index contributed by atoms with van der Waals surface area (Å²) in [6.45, 7) is 7.12. The monoisotopic (exact) mass is 213 g/mol. The summed E-state index contributed by atoms with van der Waals surface area (Å²) in [4.78, 5) is 2.36. The van der Waals surface area contributed by atoms with Crippen molar-refractivity contribution in [1.29, 1.82) is 0 Å². The van der Waals surface area contributed by atoms with Gasteiger partial charge in [-0.2, -0.15) is 0 Å². The maximum Gasteiger partial charge on any atom is 0.0715 e. The summed E-state index contributed by atoms with van der Waals surface area (Å²) in [7, 11) is 2.16. The molecule has 0 aromatic heterocycles. The molecule has 1 saturated carbocycles. The molecule has 1 unspecified atom stereocenters. The van der Waals surface area contributed by atoms with Gasteiger partial charge in [0.25, 0.3) is 0 Å². The van der Waals surface area contributed by atoms with Gasteiger partial charge in [-0.15, -0.1) is 0 Å². The lowest BCUT2D eigenvalue weighted by Gasteiger charge is -2.36. The highest BCUT2D eigenvalue weighted by atomic mass is 16.3. The predicted octanol–water partition coefficient (Wildman–Crippen LogP) is 2.66. The maximum atomic E-state index is 10.0. The van der Waals surface area contributed by atoms with Gasteiger partial charge in [-0.05, 0) is 25.3 Å². The Labute approximate surface area is 94.7 Å². The molecule has 0 radical (unpaired) electrons. The first kappa shape index (κ1) is 13.0. The molecule has 15 heavy (non-hydrogen) atoms. The minimum absolute atomic E-state index is 0.00290. The molecule has 2 nitrogen and oxygen atoms in total. The lowest BCUT2D eigenvalue weighted by Crippen LogP contribution is -2.43. The van der Waals surface area contributed by atoms with Crippen LogP contribution in [-0.4, -0.2) is 35.7 Å². The van der Waals surface area contributed by atoms with Gasteiger partial charge in [0.05, 0.1) is 6.10 Å². The molecule has 1 N–H and O–H groups in total. The van der Waals surface area contributed by atoms with E-state index in [-0.39, 0.29) is 11.5 Å². The van der Waals surface area contributed by atoms with Gasteiger partial charge in [-0.3, -0.25) is 0 Å². The smallest absolute Gasteiger partial charge is 0.0715 e. The summed E-state index contributed by atoms with van der Waals surface area (Å²) in [5, 5.41) is 10.0. The molecular weight excluding hydrogens is 186 g/mol. The summed E-state index contributed by atoms with van der Waals surface area (Å²) in [6, 6.07) is 0.704. The van der Waals surface area contributed by atoms with E-state index in [0.717, 1.165) is 6.54 Å². The van der Waals surface area contributed by atoms with Gasteiger partial charge in [0.2, 0.25) is 0 Å². The molecule has 0 spiro atoms. The van der Waals surface area contributed by atoms with Crippen LogP contribution in [-0.2, 0) is 0 Å². The van der Waals surface area contributed by atoms with Crippen molar-refractivity contribution in [2.24, 2.45) is 5.41 Å². The Morgan fingerprint density at radius 1 is 1.20 bits per heavy atom. The Morgan fingerprint density at radius 2 is 1.73 bits per heavy atom. The molecule has 0 aromatic rings. The Bertz CT molecular complexity index is 179. The van der Waals surface area contributed by atoms with Crippen molar-refractivity contribution in [2.75, 3.05) is 13.6 Å². The van der Waals surface area contributed by atoms with Gasteiger partial charge in [0, 0.05) is 12.6 Å². The van der Waals surface area contributed by atoms with Crippen LogP contribution in [0, 0.1) is 5.41 Å². The number of hydrogen-bond donors (Lipinski definition) is 1. The van der Waals surface area contributed by atoms with Gasteiger partial charge >= 0.3 is 0 Å². The second-order valence-electron chi connectivity index (χ2n) is 6.11. The third-order valence-electron chi connectivity index (χ3n) is 3.66. The number of aliphatic hydroxyl groups is 1. The van der Waals surface area contributed by atoms with E-state index in [1.807, 2.05) is 0 Å². The largest absolute Gasteiger partial charge is 0.391 e. The molecule has 1 aliphatic carbocycles. The topological polar surface area (TPSA) is 23.5 Å². The molecule has 0 saturated heterocycles. The van der Waals surface area contributed by atoms with Crippen LogP contribution in [0.5, 0.6) is 0 Å². The summed E-state index contributed by atoms with van der Waals surface area (Å²) < 4.78 is 0. The Morgan fingerprint density at radius 3 is 2.20 bits per heavy atom. The van der Waals surface area contributed by atoms with E-state index in [1.54, 1.807) is 0 Å². The third kappa shape index (κ3) is 4.12. The fourth-order valence-corrected chi connectivity index (χ4v) is 2.22. The van der Waals surface area contributed by atoms with E-state index in [1.165, 1.54) is 32.1 Å². The fraction of sp³-hybridized carbons (Fsp3) is 1.00. The third-order valence-corrected chi connectivity index (χ3v) is 3.66. The van der Waals surface area contributed by atoms with Crippen LogP contribution in [0.1, 0.15) is 52.9 Å². The van der Waals surface area contributed by atoms with E-state index in [4.69, 9.17) is 0 Å². The molecule has 1 rings (SSSR count). The van der Waals surface area contributed by atoms with Crippen LogP contribution in [0.4, 0.5) is 0 Å². The van der Waals surface area contributed by atoms with E-state index in [9.17, 15) is 5.11 Å². The van der Waals surface area contributed by atoms with Gasteiger partial charge in [0.15, 0.2) is 0 Å².